The number of carbonyl (C=O) groups excluding carboxylic acids is 2. The molecule has 1 amide bonds. The molecule has 4 nitrogen and oxygen atoms in total. The predicted octanol–water partition coefficient (Wildman–Crippen LogP) is 2.52. The van der Waals surface area contributed by atoms with Gasteiger partial charge < -0.3 is 5.32 Å². The first-order chi connectivity index (χ1) is 8.57. The first kappa shape index (κ1) is 12.3. The minimum Gasteiger partial charge on any atom is -0.325 e. The van der Waals surface area contributed by atoms with Crippen molar-refractivity contribution in [3.05, 3.63) is 29.8 Å². The molecule has 1 aromatic carbocycles. The highest BCUT2D eigenvalue weighted by Gasteiger charge is 2.44. The van der Waals surface area contributed by atoms with E-state index >= 15 is 0 Å². The number of nitrogens with zero attached hydrogens (tertiary/aromatic N) is 1. The summed E-state index contributed by atoms with van der Waals surface area (Å²) >= 11 is 0. The number of Topliss-reactive ketones (excluding diaryl/α,β-unsaturated/α-hetero) is 1. The van der Waals surface area contributed by atoms with Gasteiger partial charge in [0.1, 0.15) is 5.41 Å². The van der Waals surface area contributed by atoms with Gasteiger partial charge in [-0.2, -0.15) is 5.26 Å². The lowest BCUT2D eigenvalue weighted by Gasteiger charge is -2.33. The Morgan fingerprint density at radius 2 is 1.89 bits per heavy atom. The summed E-state index contributed by atoms with van der Waals surface area (Å²) in [6.07, 6.45) is 2.17. The zero-order chi connectivity index (χ0) is 13.2. The SMILES string of the molecule is CC(=O)c1ccc(NC(=O)C2(C#N)CCC2)cc1. The molecule has 1 aromatic rings. The van der Waals surface area contributed by atoms with Crippen LogP contribution in [0.2, 0.25) is 0 Å². The third-order valence-corrected chi connectivity index (χ3v) is 3.41. The second-order valence-corrected chi connectivity index (χ2v) is 4.64. The maximum absolute atomic E-state index is 12.0. The summed E-state index contributed by atoms with van der Waals surface area (Å²) in [5.74, 6) is -0.257. The van der Waals surface area contributed by atoms with Crippen molar-refractivity contribution < 1.29 is 9.59 Å². The zero-order valence-corrected chi connectivity index (χ0v) is 10.2. The van der Waals surface area contributed by atoms with E-state index in [-0.39, 0.29) is 11.7 Å². The molecule has 2 rings (SSSR count). The van der Waals surface area contributed by atoms with Crippen molar-refractivity contribution in [1.29, 1.82) is 5.26 Å². The van der Waals surface area contributed by atoms with E-state index in [9.17, 15) is 9.59 Å². The van der Waals surface area contributed by atoms with E-state index in [1.165, 1.54) is 6.92 Å². The van der Waals surface area contributed by atoms with Gasteiger partial charge in [0.15, 0.2) is 5.78 Å². The smallest absolute Gasteiger partial charge is 0.244 e. The molecule has 92 valence electrons. The Bertz CT molecular complexity index is 522. The summed E-state index contributed by atoms with van der Waals surface area (Å²) in [7, 11) is 0. The number of ketones is 1. The Hall–Kier alpha value is -2.15. The lowest BCUT2D eigenvalue weighted by Crippen LogP contribution is -2.40. The lowest BCUT2D eigenvalue weighted by atomic mass is 9.69. The first-order valence-corrected chi connectivity index (χ1v) is 5.91. The third kappa shape index (κ3) is 2.12. The van der Waals surface area contributed by atoms with Gasteiger partial charge in [-0.3, -0.25) is 9.59 Å². The highest BCUT2D eigenvalue weighted by molar-refractivity contribution is 5.99. The Labute approximate surface area is 106 Å². The van der Waals surface area contributed by atoms with Gasteiger partial charge in [-0.25, -0.2) is 0 Å². The number of nitrogens with one attached hydrogen (secondary N) is 1. The van der Waals surface area contributed by atoms with Crippen molar-refractivity contribution in [2.45, 2.75) is 26.2 Å². The van der Waals surface area contributed by atoms with Crippen LogP contribution in [0, 0.1) is 16.7 Å². The number of anilines is 1. The summed E-state index contributed by atoms with van der Waals surface area (Å²) in [6.45, 7) is 1.49. The van der Waals surface area contributed by atoms with Crippen molar-refractivity contribution in [3.8, 4) is 6.07 Å². The van der Waals surface area contributed by atoms with Crippen LogP contribution >= 0.6 is 0 Å². The number of carbonyl (C=O) groups is 2. The average molecular weight is 242 g/mol. The number of rotatable bonds is 3. The molecule has 1 aliphatic carbocycles. The molecule has 0 aromatic heterocycles. The van der Waals surface area contributed by atoms with Crippen molar-refractivity contribution in [1.82, 2.24) is 0 Å². The van der Waals surface area contributed by atoms with Gasteiger partial charge in [0.05, 0.1) is 6.07 Å². The van der Waals surface area contributed by atoms with Crippen LogP contribution in [0.15, 0.2) is 24.3 Å². The van der Waals surface area contributed by atoms with E-state index in [1.807, 2.05) is 0 Å². The molecular weight excluding hydrogens is 228 g/mol. The predicted molar refractivity (Wildman–Crippen MR) is 67.0 cm³/mol. The van der Waals surface area contributed by atoms with Gasteiger partial charge in [-0.05, 0) is 50.5 Å². The van der Waals surface area contributed by atoms with Gasteiger partial charge in [-0.1, -0.05) is 0 Å². The van der Waals surface area contributed by atoms with E-state index < -0.39 is 5.41 Å². The maximum Gasteiger partial charge on any atom is 0.244 e. The van der Waals surface area contributed by atoms with Crippen LogP contribution in [-0.4, -0.2) is 11.7 Å². The molecule has 0 atom stereocenters. The topological polar surface area (TPSA) is 70.0 Å². The quantitative estimate of drug-likeness (QED) is 0.828. The molecule has 0 bridgehead atoms. The van der Waals surface area contributed by atoms with Gasteiger partial charge in [0.25, 0.3) is 0 Å². The molecular formula is C14H14N2O2. The zero-order valence-electron chi connectivity index (χ0n) is 10.2. The van der Waals surface area contributed by atoms with Gasteiger partial charge >= 0.3 is 0 Å². The fraction of sp³-hybridized carbons (Fsp3) is 0.357. The number of nitriles is 1. The lowest BCUT2D eigenvalue weighted by molar-refractivity contribution is -0.126. The second kappa shape index (κ2) is 4.61. The number of benzene rings is 1. The van der Waals surface area contributed by atoms with E-state index in [4.69, 9.17) is 5.26 Å². The standard InChI is InChI=1S/C14H14N2O2/c1-10(17)11-3-5-12(6-4-11)16-13(18)14(9-15)7-2-8-14/h3-6H,2,7-8H2,1H3,(H,16,18). The summed E-state index contributed by atoms with van der Waals surface area (Å²) in [5.41, 5.74) is 0.373. The maximum atomic E-state index is 12.0. The minimum atomic E-state index is -0.848. The van der Waals surface area contributed by atoms with Crippen LogP contribution < -0.4 is 5.32 Å². The van der Waals surface area contributed by atoms with Gasteiger partial charge in [0, 0.05) is 11.3 Å². The molecule has 0 aliphatic heterocycles. The average Bonchev–Trinajstić information content (AvgIpc) is 2.29. The monoisotopic (exact) mass is 242 g/mol. The Kier molecular flexibility index (Phi) is 3.15. The van der Waals surface area contributed by atoms with Crippen LogP contribution in [0.5, 0.6) is 0 Å². The summed E-state index contributed by atoms with van der Waals surface area (Å²) < 4.78 is 0. The molecule has 4 heteroatoms. The van der Waals surface area contributed by atoms with Gasteiger partial charge in [0.2, 0.25) is 5.91 Å². The minimum absolute atomic E-state index is 0.0136. The van der Waals surface area contributed by atoms with Crippen LogP contribution in [0.3, 0.4) is 0 Å². The Morgan fingerprint density at radius 1 is 1.28 bits per heavy atom. The molecule has 0 heterocycles. The van der Waals surface area contributed by atoms with E-state index in [1.54, 1.807) is 24.3 Å². The largest absolute Gasteiger partial charge is 0.325 e. The van der Waals surface area contributed by atoms with Crippen molar-refractivity contribution in [3.63, 3.8) is 0 Å². The summed E-state index contributed by atoms with van der Waals surface area (Å²) in [4.78, 5) is 23.1. The van der Waals surface area contributed by atoms with Crippen molar-refractivity contribution in [2.24, 2.45) is 5.41 Å². The van der Waals surface area contributed by atoms with E-state index in [2.05, 4.69) is 11.4 Å². The molecule has 0 saturated heterocycles. The van der Waals surface area contributed by atoms with E-state index in [0.717, 1.165) is 6.42 Å². The van der Waals surface area contributed by atoms with Crippen LogP contribution in [0.1, 0.15) is 36.5 Å². The molecule has 1 aliphatic rings. The highest BCUT2D eigenvalue weighted by atomic mass is 16.2. The summed E-state index contributed by atoms with van der Waals surface area (Å²) in [6, 6.07) is 8.79. The van der Waals surface area contributed by atoms with E-state index in [0.29, 0.717) is 24.1 Å². The van der Waals surface area contributed by atoms with Gasteiger partial charge in [-0.15, -0.1) is 0 Å². The van der Waals surface area contributed by atoms with Crippen molar-refractivity contribution >= 4 is 17.4 Å². The Morgan fingerprint density at radius 3 is 2.28 bits per heavy atom. The Balaban J connectivity index is 2.08. The number of amides is 1. The molecule has 18 heavy (non-hydrogen) atoms. The number of hydrogen-bond acceptors (Lipinski definition) is 3. The molecule has 0 spiro atoms. The normalized spacial score (nSPS) is 16.2. The first-order valence-electron chi connectivity index (χ1n) is 5.91. The van der Waals surface area contributed by atoms with Crippen LogP contribution in [-0.2, 0) is 4.79 Å². The summed E-state index contributed by atoms with van der Waals surface area (Å²) in [5, 5.41) is 11.8. The molecule has 1 saturated carbocycles. The van der Waals surface area contributed by atoms with Crippen LogP contribution in [0.25, 0.3) is 0 Å². The highest BCUT2D eigenvalue weighted by Crippen LogP contribution is 2.41. The fourth-order valence-electron chi connectivity index (χ4n) is 1.96. The number of hydrogen-bond donors (Lipinski definition) is 1. The molecule has 1 fully saturated rings. The second-order valence-electron chi connectivity index (χ2n) is 4.64. The third-order valence-electron chi connectivity index (χ3n) is 3.41. The fourth-order valence-corrected chi connectivity index (χ4v) is 1.96. The van der Waals surface area contributed by atoms with Crippen molar-refractivity contribution in [2.75, 3.05) is 5.32 Å². The molecule has 0 unspecified atom stereocenters. The molecule has 1 N–H and O–H groups in total. The molecule has 0 radical (unpaired) electrons. The van der Waals surface area contributed by atoms with Crippen LogP contribution in [0.4, 0.5) is 5.69 Å².